The highest BCUT2D eigenvalue weighted by atomic mass is 32.2. The SMILES string of the molecule is O=C(CSC(=S)N1CCN(c2ccccc2)CC1)Nc1ccc(-c2ccc(S(=O)(=O)c3ccc(-c4ccc(NC(=O)CSC(=S)N5CCN(c6ccccc6)CC5)cc4)cc3)cc2)cc1. The summed E-state index contributed by atoms with van der Waals surface area (Å²) >= 11 is 14.1. The van der Waals surface area contributed by atoms with Gasteiger partial charge in [-0.25, -0.2) is 8.42 Å². The number of nitrogens with one attached hydrogen (secondary N) is 2. The Morgan fingerprint density at radius 1 is 0.446 bits per heavy atom. The van der Waals surface area contributed by atoms with E-state index in [-0.39, 0.29) is 33.1 Å². The van der Waals surface area contributed by atoms with Crippen molar-refractivity contribution in [2.45, 2.75) is 9.79 Å². The standard InChI is InChI=1S/C50H48N6O4S5/c57-47(35-63-49(61)55-31-27-53(28-32-55)43-7-3-1-4-8-43)51-41-19-11-37(12-20-41)39-15-23-45(24-16-39)65(59,60)46-25-17-40(18-26-46)38-13-21-42(22-14-38)52-48(58)36-64-50(62)56-33-29-54(30-34-56)44-9-5-2-6-10-44/h1-26H,27-36H2,(H,51,57)(H,52,58). The molecular formula is C50H48N6O4S5. The Bertz CT molecular complexity index is 2510. The van der Waals surface area contributed by atoms with Gasteiger partial charge in [0.15, 0.2) is 0 Å². The number of amides is 2. The summed E-state index contributed by atoms with van der Waals surface area (Å²) in [6.07, 6.45) is 0. The van der Waals surface area contributed by atoms with E-state index in [9.17, 15) is 18.0 Å². The Morgan fingerprint density at radius 2 is 0.754 bits per heavy atom. The molecule has 0 saturated carbocycles. The lowest BCUT2D eigenvalue weighted by molar-refractivity contribution is -0.114. The van der Waals surface area contributed by atoms with Gasteiger partial charge in [-0.15, -0.1) is 0 Å². The predicted molar refractivity (Wildman–Crippen MR) is 277 cm³/mol. The zero-order chi connectivity index (χ0) is 45.2. The Kier molecular flexibility index (Phi) is 15.2. The number of hydrogen-bond acceptors (Lipinski definition) is 10. The number of carbonyl (C=O) groups is 2. The molecule has 10 nitrogen and oxygen atoms in total. The predicted octanol–water partition coefficient (Wildman–Crippen LogP) is 9.41. The van der Waals surface area contributed by atoms with Gasteiger partial charge < -0.3 is 30.2 Å². The molecule has 0 radical (unpaired) electrons. The van der Waals surface area contributed by atoms with Crippen LogP contribution in [0.4, 0.5) is 22.7 Å². The second-order valence-corrected chi connectivity index (χ2v) is 20.7. The molecule has 0 bridgehead atoms. The van der Waals surface area contributed by atoms with Crippen LogP contribution in [0, 0.1) is 0 Å². The molecule has 0 atom stereocenters. The first kappa shape index (κ1) is 45.8. The molecule has 2 aliphatic rings. The van der Waals surface area contributed by atoms with Crippen LogP contribution < -0.4 is 20.4 Å². The van der Waals surface area contributed by atoms with Crippen molar-refractivity contribution in [1.29, 1.82) is 0 Å². The number of hydrogen-bond donors (Lipinski definition) is 2. The molecule has 2 aliphatic heterocycles. The molecule has 0 aliphatic carbocycles. The molecule has 2 amide bonds. The van der Waals surface area contributed by atoms with E-state index in [1.165, 1.54) is 34.9 Å². The molecule has 332 valence electrons. The fourth-order valence-electron chi connectivity index (χ4n) is 7.68. The number of anilines is 4. The van der Waals surface area contributed by atoms with Crippen LogP contribution in [0.2, 0.25) is 0 Å². The highest BCUT2D eigenvalue weighted by Gasteiger charge is 2.22. The van der Waals surface area contributed by atoms with Crippen LogP contribution in [0.15, 0.2) is 168 Å². The highest BCUT2D eigenvalue weighted by molar-refractivity contribution is 8.23. The zero-order valence-corrected chi connectivity index (χ0v) is 39.6. The first-order chi connectivity index (χ1) is 31.6. The van der Waals surface area contributed by atoms with E-state index in [0.29, 0.717) is 11.4 Å². The van der Waals surface area contributed by atoms with Crippen molar-refractivity contribution < 1.29 is 18.0 Å². The van der Waals surface area contributed by atoms with Crippen LogP contribution in [0.25, 0.3) is 22.3 Å². The van der Waals surface area contributed by atoms with Crippen LogP contribution in [-0.2, 0) is 19.4 Å². The molecule has 0 unspecified atom stereocenters. The molecule has 15 heteroatoms. The third kappa shape index (κ3) is 12.0. The van der Waals surface area contributed by atoms with Gasteiger partial charge in [-0.1, -0.05) is 133 Å². The zero-order valence-electron chi connectivity index (χ0n) is 35.5. The molecule has 65 heavy (non-hydrogen) atoms. The first-order valence-electron chi connectivity index (χ1n) is 21.3. The molecule has 2 fully saturated rings. The van der Waals surface area contributed by atoms with Gasteiger partial charge in [0, 0.05) is 75.1 Å². The number of thioether (sulfide) groups is 2. The molecule has 0 spiro atoms. The van der Waals surface area contributed by atoms with Crippen molar-refractivity contribution in [2.24, 2.45) is 0 Å². The van der Waals surface area contributed by atoms with Gasteiger partial charge in [-0.2, -0.15) is 0 Å². The second-order valence-electron chi connectivity index (χ2n) is 15.5. The van der Waals surface area contributed by atoms with Crippen LogP contribution in [-0.4, -0.2) is 103 Å². The number of carbonyl (C=O) groups excluding carboxylic acids is 2. The topological polar surface area (TPSA) is 105 Å². The van der Waals surface area contributed by atoms with E-state index in [2.05, 4.69) is 54.5 Å². The summed E-state index contributed by atoms with van der Waals surface area (Å²) in [6.45, 7) is 6.79. The lowest BCUT2D eigenvalue weighted by Gasteiger charge is -2.37. The van der Waals surface area contributed by atoms with E-state index in [1.54, 1.807) is 48.5 Å². The molecule has 0 aromatic heterocycles. The second kappa shape index (κ2) is 21.5. The van der Waals surface area contributed by atoms with Crippen molar-refractivity contribution in [3.05, 3.63) is 158 Å². The molecule has 6 aromatic carbocycles. The molecule has 8 rings (SSSR count). The largest absolute Gasteiger partial charge is 0.368 e. The van der Waals surface area contributed by atoms with Gasteiger partial charge in [-0.3, -0.25) is 9.59 Å². The average Bonchev–Trinajstić information content (AvgIpc) is 3.36. The Labute approximate surface area is 400 Å². The minimum Gasteiger partial charge on any atom is -0.368 e. The molecular weight excluding hydrogens is 909 g/mol. The number of piperazine rings is 2. The van der Waals surface area contributed by atoms with E-state index in [1.807, 2.05) is 84.9 Å². The van der Waals surface area contributed by atoms with E-state index in [0.717, 1.165) is 83.3 Å². The Morgan fingerprint density at radius 3 is 1.08 bits per heavy atom. The first-order valence-corrected chi connectivity index (χ1v) is 25.6. The maximum absolute atomic E-state index is 13.6. The monoisotopic (exact) mass is 956 g/mol. The minimum absolute atomic E-state index is 0.133. The molecule has 2 saturated heterocycles. The molecule has 6 aromatic rings. The fourth-order valence-corrected chi connectivity index (χ4v) is 11.0. The normalized spacial score (nSPS) is 14.2. The summed E-state index contributed by atoms with van der Waals surface area (Å²) in [5.41, 5.74) is 7.23. The number of sulfone groups is 1. The third-order valence-corrected chi connectivity index (χ3v) is 16.1. The number of para-hydroxylation sites is 2. The smallest absolute Gasteiger partial charge is 0.234 e. The van der Waals surface area contributed by atoms with Crippen LogP contribution in [0.5, 0.6) is 0 Å². The minimum atomic E-state index is -3.77. The van der Waals surface area contributed by atoms with E-state index in [4.69, 9.17) is 24.4 Å². The van der Waals surface area contributed by atoms with Crippen LogP contribution in [0.1, 0.15) is 0 Å². The summed E-state index contributed by atoms with van der Waals surface area (Å²) in [5.74, 6) is 0.174. The molecule has 2 heterocycles. The Hall–Kier alpha value is -5.71. The van der Waals surface area contributed by atoms with Gasteiger partial charge >= 0.3 is 0 Å². The van der Waals surface area contributed by atoms with Crippen molar-refractivity contribution in [2.75, 3.05) is 84.3 Å². The van der Waals surface area contributed by atoms with Crippen LogP contribution in [0.3, 0.4) is 0 Å². The number of benzene rings is 6. The summed E-state index contributed by atoms with van der Waals surface area (Å²) in [6, 6.07) is 49.2. The van der Waals surface area contributed by atoms with Gasteiger partial charge in [0.25, 0.3) is 0 Å². The van der Waals surface area contributed by atoms with Gasteiger partial charge in [0.2, 0.25) is 21.7 Å². The Balaban J connectivity index is 0.768. The quantitative estimate of drug-likeness (QED) is 0.114. The van der Waals surface area contributed by atoms with Gasteiger partial charge in [0.1, 0.15) is 8.64 Å². The number of nitrogens with zero attached hydrogens (tertiary/aromatic N) is 4. The maximum Gasteiger partial charge on any atom is 0.234 e. The summed E-state index contributed by atoms with van der Waals surface area (Å²) in [7, 11) is -3.77. The van der Waals surface area contributed by atoms with Gasteiger partial charge in [-0.05, 0) is 95.1 Å². The summed E-state index contributed by atoms with van der Waals surface area (Å²) < 4.78 is 28.7. The summed E-state index contributed by atoms with van der Waals surface area (Å²) in [4.78, 5) is 35.0. The van der Waals surface area contributed by atoms with Crippen molar-refractivity contribution in [3.63, 3.8) is 0 Å². The maximum atomic E-state index is 13.6. The average molecular weight is 957 g/mol. The van der Waals surface area contributed by atoms with Crippen LogP contribution >= 0.6 is 48.0 Å². The molecule has 2 N–H and O–H groups in total. The van der Waals surface area contributed by atoms with Gasteiger partial charge in [0.05, 0.1) is 21.3 Å². The van der Waals surface area contributed by atoms with E-state index < -0.39 is 9.84 Å². The fraction of sp³-hybridized carbons (Fsp3) is 0.200. The third-order valence-electron chi connectivity index (χ3n) is 11.3. The highest BCUT2D eigenvalue weighted by Crippen LogP contribution is 2.29. The lowest BCUT2D eigenvalue weighted by Crippen LogP contribution is -2.47. The summed E-state index contributed by atoms with van der Waals surface area (Å²) in [5, 5.41) is 5.90. The van der Waals surface area contributed by atoms with Crippen molar-refractivity contribution in [3.8, 4) is 22.3 Å². The lowest BCUT2D eigenvalue weighted by atomic mass is 10.1. The number of rotatable bonds is 12. The van der Waals surface area contributed by atoms with E-state index >= 15 is 0 Å². The van der Waals surface area contributed by atoms with Crippen molar-refractivity contribution in [1.82, 2.24) is 9.80 Å². The number of thiocarbonyl (C=S) groups is 2. The van der Waals surface area contributed by atoms with Crippen molar-refractivity contribution >= 4 is 101 Å².